The van der Waals surface area contributed by atoms with Crippen molar-refractivity contribution >= 4 is 23.7 Å². The molecule has 0 fully saturated rings. The first kappa shape index (κ1) is 12.9. The van der Waals surface area contributed by atoms with Gasteiger partial charge in [-0.1, -0.05) is 18.5 Å². The van der Waals surface area contributed by atoms with Gasteiger partial charge in [-0.05, 0) is 12.3 Å². The first-order valence-corrected chi connectivity index (χ1v) is 5.37. The Kier molecular flexibility index (Phi) is 5.14. The van der Waals surface area contributed by atoms with Crippen LogP contribution in [0.5, 0.6) is 0 Å². The molecule has 0 aliphatic carbocycles. The standard InChI is InChI=1S/C10H14ClN3O2/c1-7(2-3-15)4-12-10-8(5-16)9(11)13-6-14-10/h5-7,15H,2-4H2,1H3,(H,12,13,14). The molecule has 1 aromatic heterocycles. The van der Waals surface area contributed by atoms with Crippen LogP contribution >= 0.6 is 11.6 Å². The lowest BCUT2D eigenvalue weighted by atomic mass is 10.1. The second-order valence-corrected chi connectivity index (χ2v) is 3.90. The highest BCUT2D eigenvalue weighted by molar-refractivity contribution is 6.32. The lowest BCUT2D eigenvalue weighted by Gasteiger charge is -2.12. The van der Waals surface area contributed by atoms with E-state index in [1.54, 1.807) is 0 Å². The van der Waals surface area contributed by atoms with Crippen molar-refractivity contribution in [3.63, 3.8) is 0 Å². The smallest absolute Gasteiger partial charge is 0.156 e. The van der Waals surface area contributed by atoms with Crippen molar-refractivity contribution in [2.75, 3.05) is 18.5 Å². The van der Waals surface area contributed by atoms with E-state index in [1.807, 2.05) is 6.92 Å². The van der Waals surface area contributed by atoms with E-state index in [-0.39, 0.29) is 17.3 Å². The van der Waals surface area contributed by atoms with Gasteiger partial charge >= 0.3 is 0 Å². The van der Waals surface area contributed by atoms with Crippen molar-refractivity contribution in [2.45, 2.75) is 13.3 Å². The number of anilines is 1. The SMILES string of the molecule is CC(CCO)CNc1ncnc(Cl)c1C=O. The number of aromatic nitrogens is 2. The molecule has 5 nitrogen and oxygen atoms in total. The molecule has 1 aromatic rings. The molecule has 6 heteroatoms. The molecule has 0 radical (unpaired) electrons. The Morgan fingerprint density at radius 2 is 2.38 bits per heavy atom. The van der Waals surface area contributed by atoms with Crippen molar-refractivity contribution in [3.8, 4) is 0 Å². The Hall–Kier alpha value is -1.20. The van der Waals surface area contributed by atoms with Gasteiger partial charge in [0, 0.05) is 13.2 Å². The average molecular weight is 244 g/mol. The summed E-state index contributed by atoms with van der Waals surface area (Å²) in [5, 5.41) is 11.9. The van der Waals surface area contributed by atoms with E-state index in [0.717, 1.165) is 0 Å². The third-order valence-corrected chi connectivity index (χ3v) is 2.49. The zero-order valence-corrected chi connectivity index (χ0v) is 9.74. The zero-order valence-electron chi connectivity index (χ0n) is 8.98. The summed E-state index contributed by atoms with van der Waals surface area (Å²) in [5.41, 5.74) is 0.264. The van der Waals surface area contributed by atoms with Crippen molar-refractivity contribution in [3.05, 3.63) is 17.0 Å². The van der Waals surface area contributed by atoms with Crippen LogP contribution in [-0.2, 0) is 0 Å². The van der Waals surface area contributed by atoms with E-state index in [9.17, 15) is 4.79 Å². The van der Waals surface area contributed by atoms with Gasteiger partial charge in [0.25, 0.3) is 0 Å². The summed E-state index contributed by atoms with van der Waals surface area (Å²) < 4.78 is 0. The number of nitrogens with one attached hydrogen (secondary N) is 1. The van der Waals surface area contributed by atoms with E-state index in [2.05, 4.69) is 15.3 Å². The van der Waals surface area contributed by atoms with Crippen LogP contribution < -0.4 is 5.32 Å². The van der Waals surface area contributed by atoms with Crippen molar-refractivity contribution in [2.24, 2.45) is 5.92 Å². The van der Waals surface area contributed by atoms with Gasteiger partial charge in [-0.15, -0.1) is 0 Å². The lowest BCUT2D eigenvalue weighted by Crippen LogP contribution is -2.14. The maximum Gasteiger partial charge on any atom is 0.156 e. The van der Waals surface area contributed by atoms with Gasteiger partial charge in [0.2, 0.25) is 0 Å². The molecule has 1 rings (SSSR count). The van der Waals surface area contributed by atoms with E-state index in [0.29, 0.717) is 31.0 Å². The van der Waals surface area contributed by atoms with Crippen LogP contribution in [0, 0.1) is 5.92 Å². The van der Waals surface area contributed by atoms with E-state index in [4.69, 9.17) is 16.7 Å². The monoisotopic (exact) mass is 243 g/mol. The predicted molar refractivity (Wildman–Crippen MR) is 61.8 cm³/mol. The maximum absolute atomic E-state index is 10.8. The molecule has 0 aliphatic heterocycles. The number of hydrogen-bond acceptors (Lipinski definition) is 5. The number of nitrogens with zero attached hydrogens (tertiary/aromatic N) is 2. The number of aldehydes is 1. The van der Waals surface area contributed by atoms with Crippen LogP contribution in [0.1, 0.15) is 23.7 Å². The van der Waals surface area contributed by atoms with Gasteiger partial charge < -0.3 is 10.4 Å². The lowest BCUT2D eigenvalue weighted by molar-refractivity contribution is 0.112. The molecule has 0 amide bonds. The van der Waals surface area contributed by atoms with Crippen molar-refractivity contribution in [1.82, 2.24) is 9.97 Å². The molecule has 0 aliphatic rings. The molecule has 0 saturated heterocycles. The molecule has 16 heavy (non-hydrogen) atoms. The van der Waals surface area contributed by atoms with Crippen LogP contribution in [0.25, 0.3) is 0 Å². The summed E-state index contributed by atoms with van der Waals surface area (Å²) >= 11 is 5.74. The fraction of sp³-hybridized carbons (Fsp3) is 0.500. The number of aliphatic hydroxyl groups is 1. The van der Waals surface area contributed by atoms with Gasteiger partial charge in [0.05, 0.1) is 5.56 Å². The summed E-state index contributed by atoms with van der Waals surface area (Å²) in [6.07, 6.45) is 2.62. The third kappa shape index (κ3) is 3.43. The third-order valence-electron chi connectivity index (χ3n) is 2.19. The fourth-order valence-corrected chi connectivity index (χ4v) is 1.39. The Morgan fingerprint density at radius 3 is 3.00 bits per heavy atom. The molecule has 0 bridgehead atoms. The van der Waals surface area contributed by atoms with Gasteiger partial charge in [-0.3, -0.25) is 4.79 Å². The van der Waals surface area contributed by atoms with Crippen molar-refractivity contribution < 1.29 is 9.90 Å². The minimum Gasteiger partial charge on any atom is -0.396 e. The van der Waals surface area contributed by atoms with Crippen LogP contribution in [0.2, 0.25) is 5.15 Å². The first-order valence-electron chi connectivity index (χ1n) is 4.99. The van der Waals surface area contributed by atoms with Crippen LogP contribution in [0.15, 0.2) is 6.33 Å². The molecular formula is C10H14ClN3O2. The largest absolute Gasteiger partial charge is 0.396 e. The normalized spacial score (nSPS) is 12.2. The molecule has 0 saturated carbocycles. The summed E-state index contributed by atoms with van der Waals surface area (Å²) in [6.45, 7) is 2.76. The molecule has 88 valence electrons. The zero-order chi connectivity index (χ0) is 12.0. The molecule has 2 N–H and O–H groups in total. The van der Waals surface area contributed by atoms with Crippen LogP contribution in [0.3, 0.4) is 0 Å². The van der Waals surface area contributed by atoms with Crippen molar-refractivity contribution in [1.29, 1.82) is 0 Å². The number of halogens is 1. The molecule has 0 aromatic carbocycles. The molecular weight excluding hydrogens is 230 g/mol. The quantitative estimate of drug-likeness (QED) is 0.583. The average Bonchev–Trinajstić information content (AvgIpc) is 2.27. The fourth-order valence-electron chi connectivity index (χ4n) is 1.21. The highest BCUT2D eigenvalue weighted by atomic mass is 35.5. The summed E-state index contributed by atoms with van der Waals surface area (Å²) in [4.78, 5) is 18.4. The highest BCUT2D eigenvalue weighted by Crippen LogP contribution is 2.17. The number of carbonyl (C=O) groups excluding carboxylic acids is 1. The first-order chi connectivity index (χ1) is 7.69. The van der Waals surface area contributed by atoms with E-state index < -0.39 is 0 Å². The number of hydrogen-bond donors (Lipinski definition) is 2. The van der Waals surface area contributed by atoms with E-state index in [1.165, 1.54) is 6.33 Å². The second kappa shape index (κ2) is 6.40. The predicted octanol–water partition coefficient (Wildman–Crippen LogP) is 1.37. The summed E-state index contributed by atoms with van der Waals surface area (Å²) in [6, 6.07) is 0. The van der Waals surface area contributed by atoms with Crippen LogP contribution in [-0.4, -0.2) is 34.5 Å². The number of carbonyl (C=O) groups is 1. The Bertz CT molecular complexity index is 360. The van der Waals surface area contributed by atoms with Gasteiger partial charge in [0.15, 0.2) is 6.29 Å². The Morgan fingerprint density at radius 1 is 1.62 bits per heavy atom. The molecule has 0 spiro atoms. The van der Waals surface area contributed by atoms with Gasteiger partial charge in [-0.2, -0.15) is 0 Å². The highest BCUT2D eigenvalue weighted by Gasteiger charge is 2.09. The molecule has 1 unspecified atom stereocenters. The van der Waals surface area contributed by atoms with Gasteiger partial charge in [0.1, 0.15) is 17.3 Å². The molecule has 1 atom stereocenters. The minimum absolute atomic E-state index is 0.141. The summed E-state index contributed by atoms with van der Waals surface area (Å²) in [7, 11) is 0. The van der Waals surface area contributed by atoms with E-state index >= 15 is 0 Å². The number of rotatable bonds is 6. The summed E-state index contributed by atoms with van der Waals surface area (Å²) in [5.74, 6) is 0.720. The topological polar surface area (TPSA) is 75.1 Å². The molecule has 1 heterocycles. The minimum atomic E-state index is 0.141. The second-order valence-electron chi connectivity index (χ2n) is 3.54. The van der Waals surface area contributed by atoms with Crippen LogP contribution in [0.4, 0.5) is 5.82 Å². The maximum atomic E-state index is 10.8. The van der Waals surface area contributed by atoms with Gasteiger partial charge in [-0.25, -0.2) is 9.97 Å². The Labute approximate surface area is 98.9 Å². The Balaban J connectivity index is 2.66. The number of aliphatic hydroxyl groups excluding tert-OH is 1.